The summed E-state index contributed by atoms with van der Waals surface area (Å²) >= 11 is 0. The highest BCUT2D eigenvalue weighted by molar-refractivity contribution is 7.92. The normalized spacial score (nSPS) is 13.4. The Morgan fingerprint density at radius 2 is 1.76 bits per heavy atom. The molecule has 1 aromatic rings. The predicted molar refractivity (Wildman–Crippen MR) is 79.7 cm³/mol. The molecule has 0 bridgehead atoms. The number of halogens is 1. The fourth-order valence-electron chi connectivity index (χ4n) is 1.43. The van der Waals surface area contributed by atoms with Gasteiger partial charge in [0.25, 0.3) is 0 Å². The van der Waals surface area contributed by atoms with E-state index in [9.17, 15) is 21.2 Å². The molecule has 0 aliphatic carbocycles. The minimum absolute atomic E-state index is 0.0270. The lowest BCUT2D eigenvalue weighted by atomic mass is 10.2. The van der Waals surface area contributed by atoms with Crippen molar-refractivity contribution in [3.63, 3.8) is 0 Å². The number of nitrogen functional groups attached to an aromatic ring is 1. The van der Waals surface area contributed by atoms with Crippen LogP contribution in [0.3, 0.4) is 0 Å². The first-order valence-corrected chi connectivity index (χ1v) is 9.40. The topological polar surface area (TPSA) is 106 Å². The van der Waals surface area contributed by atoms with E-state index in [1.807, 2.05) is 0 Å². The minimum Gasteiger partial charge on any atom is -0.399 e. The highest BCUT2D eigenvalue weighted by Gasteiger charge is 2.32. The Kier molecular flexibility index (Phi) is 4.71. The molecule has 0 aliphatic heterocycles. The zero-order chi connectivity index (χ0) is 16.6. The number of anilines is 1. The van der Waals surface area contributed by atoms with Gasteiger partial charge in [-0.3, -0.25) is 0 Å². The van der Waals surface area contributed by atoms with Crippen LogP contribution >= 0.6 is 0 Å². The monoisotopic (exact) mass is 338 g/mol. The van der Waals surface area contributed by atoms with Gasteiger partial charge in [0.05, 0.1) is 9.64 Å². The summed E-state index contributed by atoms with van der Waals surface area (Å²) in [6, 6.07) is 2.16. The molecule has 0 radical (unpaired) electrons. The molecule has 21 heavy (non-hydrogen) atoms. The molecule has 6 nitrogen and oxygen atoms in total. The number of nitrogens with two attached hydrogens (primary N) is 1. The number of hydrogen-bond acceptors (Lipinski definition) is 5. The summed E-state index contributed by atoms with van der Waals surface area (Å²) in [6.07, 6.45) is 1.02. The van der Waals surface area contributed by atoms with Crippen molar-refractivity contribution in [1.82, 2.24) is 4.72 Å². The van der Waals surface area contributed by atoms with Crippen molar-refractivity contribution in [3.05, 3.63) is 23.5 Å². The third-order valence-corrected chi connectivity index (χ3v) is 6.98. The van der Waals surface area contributed by atoms with E-state index in [0.717, 1.165) is 18.4 Å². The second kappa shape index (κ2) is 5.54. The largest absolute Gasteiger partial charge is 0.399 e. The summed E-state index contributed by atoms with van der Waals surface area (Å²) in [4.78, 5) is -0.302. The molecule has 120 valence electrons. The number of nitrogens with one attached hydrogen (secondary N) is 1. The van der Waals surface area contributed by atoms with Gasteiger partial charge in [-0.1, -0.05) is 0 Å². The summed E-state index contributed by atoms with van der Waals surface area (Å²) in [7, 11) is -7.52. The maximum absolute atomic E-state index is 13.6. The maximum Gasteiger partial charge on any atom is 0.241 e. The second-order valence-corrected chi connectivity index (χ2v) is 9.87. The molecule has 0 aliphatic rings. The Hall–Kier alpha value is -1.19. The summed E-state index contributed by atoms with van der Waals surface area (Å²) in [5.74, 6) is -0.738. The van der Waals surface area contributed by atoms with Crippen molar-refractivity contribution in [2.45, 2.75) is 30.4 Å². The molecular formula is C12H19FN2O4S2. The van der Waals surface area contributed by atoms with E-state index in [1.165, 1.54) is 20.8 Å². The van der Waals surface area contributed by atoms with Gasteiger partial charge in [-0.2, -0.15) is 0 Å². The van der Waals surface area contributed by atoms with Crippen LogP contribution in [-0.2, 0) is 19.9 Å². The highest BCUT2D eigenvalue weighted by atomic mass is 32.2. The lowest BCUT2D eigenvalue weighted by Gasteiger charge is -2.23. The molecule has 0 atom stereocenters. The van der Waals surface area contributed by atoms with Crippen LogP contribution in [0.2, 0.25) is 0 Å². The zero-order valence-electron chi connectivity index (χ0n) is 12.3. The summed E-state index contributed by atoms with van der Waals surface area (Å²) < 4.78 is 62.0. The molecule has 0 saturated heterocycles. The molecule has 1 rings (SSSR count). The van der Waals surface area contributed by atoms with Gasteiger partial charge in [-0.05, 0) is 32.9 Å². The van der Waals surface area contributed by atoms with Gasteiger partial charge in [0.2, 0.25) is 10.0 Å². The zero-order valence-corrected chi connectivity index (χ0v) is 13.9. The van der Waals surface area contributed by atoms with Crippen molar-refractivity contribution in [2.75, 3.05) is 18.5 Å². The predicted octanol–water partition coefficient (Wildman–Crippen LogP) is 0.818. The minimum atomic E-state index is -4.06. The van der Waals surface area contributed by atoms with Gasteiger partial charge in [-0.25, -0.2) is 25.9 Å². The number of benzene rings is 1. The van der Waals surface area contributed by atoms with Gasteiger partial charge in [0.15, 0.2) is 9.84 Å². The quantitative estimate of drug-likeness (QED) is 0.773. The number of hydrogen-bond donors (Lipinski definition) is 2. The summed E-state index contributed by atoms with van der Waals surface area (Å²) in [5.41, 5.74) is 5.35. The summed E-state index contributed by atoms with van der Waals surface area (Å²) in [6.45, 7) is 3.78. The smallest absolute Gasteiger partial charge is 0.241 e. The standard InChI is InChI=1S/C12H19FN2O4S2/c1-8-10(13)5-9(14)6-11(8)21(18,19)15-7-12(2,3)20(4,16)17/h5-6,15H,7,14H2,1-4H3. The molecule has 0 amide bonds. The fraction of sp³-hybridized carbons (Fsp3) is 0.500. The van der Waals surface area contributed by atoms with Crippen LogP contribution in [0.25, 0.3) is 0 Å². The van der Waals surface area contributed by atoms with E-state index in [-0.39, 0.29) is 22.7 Å². The van der Waals surface area contributed by atoms with Crippen LogP contribution in [0, 0.1) is 12.7 Å². The Morgan fingerprint density at radius 1 is 1.24 bits per heavy atom. The summed E-state index contributed by atoms with van der Waals surface area (Å²) in [5, 5.41) is 0. The van der Waals surface area contributed by atoms with Crippen LogP contribution in [-0.4, -0.2) is 34.4 Å². The van der Waals surface area contributed by atoms with E-state index in [4.69, 9.17) is 5.73 Å². The third-order valence-electron chi connectivity index (χ3n) is 3.30. The third kappa shape index (κ3) is 3.92. The van der Waals surface area contributed by atoms with E-state index < -0.39 is 30.4 Å². The molecular weight excluding hydrogens is 319 g/mol. The Labute approximate surface area is 124 Å². The van der Waals surface area contributed by atoms with Crippen molar-refractivity contribution in [3.8, 4) is 0 Å². The van der Waals surface area contributed by atoms with Gasteiger partial charge < -0.3 is 5.73 Å². The average molecular weight is 338 g/mol. The van der Waals surface area contributed by atoms with Crippen LogP contribution in [0.4, 0.5) is 10.1 Å². The fourth-order valence-corrected chi connectivity index (χ4v) is 3.35. The molecule has 0 spiro atoms. The Balaban J connectivity index is 3.15. The first kappa shape index (κ1) is 17.9. The van der Waals surface area contributed by atoms with E-state index in [0.29, 0.717) is 0 Å². The van der Waals surface area contributed by atoms with Gasteiger partial charge in [0, 0.05) is 24.1 Å². The van der Waals surface area contributed by atoms with Crippen molar-refractivity contribution < 1.29 is 21.2 Å². The van der Waals surface area contributed by atoms with Crippen LogP contribution in [0.15, 0.2) is 17.0 Å². The molecule has 0 heterocycles. The first-order chi connectivity index (χ1) is 9.28. The number of rotatable bonds is 5. The SMILES string of the molecule is Cc1c(F)cc(N)cc1S(=O)(=O)NCC(C)(C)S(C)(=O)=O. The van der Waals surface area contributed by atoms with Gasteiger partial charge in [-0.15, -0.1) is 0 Å². The van der Waals surface area contributed by atoms with Crippen molar-refractivity contribution in [2.24, 2.45) is 0 Å². The highest BCUT2D eigenvalue weighted by Crippen LogP contribution is 2.22. The van der Waals surface area contributed by atoms with Gasteiger partial charge >= 0.3 is 0 Å². The lowest BCUT2D eigenvalue weighted by Crippen LogP contribution is -2.43. The maximum atomic E-state index is 13.6. The van der Waals surface area contributed by atoms with E-state index in [1.54, 1.807) is 0 Å². The number of sulfonamides is 1. The Morgan fingerprint density at radius 3 is 2.24 bits per heavy atom. The van der Waals surface area contributed by atoms with Crippen LogP contribution < -0.4 is 10.5 Å². The van der Waals surface area contributed by atoms with Crippen molar-refractivity contribution in [1.29, 1.82) is 0 Å². The molecule has 0 fully saturated rings. The lowest BCUT2D eigenvalue weighted by molar-refractivity contribution is 0.536. The van der Waals surface area contributed by atoms with E-state index >= 15 is 0 Å². The van der Waals surface area contributed by atoms with E-state index in [2.05, 4.69) is 4.72 Å². The van der Waals surface area contributed by atoms with Gasteiger partial charge in [0.1, 0.15) is 5.82 Å². The Bertz CT molecular complexity index is 756. The second-order valence-electron chi connectivity index (χ2n) is 5.48. The van der Waals surface area contributed by atoms with Crippen LogP contribution in [0.5, 0.6) is 0 Å². The first-order valence-electron chi connectivity index (χ1n) is 6.03. The molecule has 1 aromatic carbocycles. The average Bonchev–Trinajstić information content (AvgIpc) is 2.30. The molecule has 3 N–H and O–H groups in total. The molecule has 0 saturated carbocycles. The molecule has 0 unspecified atom stereocenters. The number of sulfone groups is 1. The van der Waals surface area contributed by atoms with Crippen molar-refractivity contribution >= 4 is 25.5 Å². The molecule has 0 aromatic heterocycles. The molecule has 9 heteroatoms. The van der Waals surface area contributed by atoms with Crippen LogP contribution in [0.1, 0.15) is 19.4 Å².